The number of benzene rings is 2. The number of hydrogen-bond donors (Lipinski definition) is 1. The van der Waals surface area contributed by atoms with E-state index in [0.29, 0.717) is 6.61 Å². The van der Waals surface area contributed by atoms with Crippen LogP contribution in [0.5, 0.6) is 5.75 Å². The molecule has 0 atom stereocenters. The molecule has 3 nitrogen and oxygen atoms in total. The SMILES string of the molecule is CCCCOc1ccccc1/C=C(\C(=O)O)c1cc(C)ccc1C. The Bertz CT molecular complexity index is 744. The average Bonchev–Trinajstić information content (AvgIpc) is 2.56. The number of carboxylic acid groups (broad SMARTS) is 1. The Labute approximate surface area is 143 Å². The minimum atomic E-state index is -0.938. The highest BCUT2D eigenvalue weighted by Gasteiger charge is 2.14. The van der Waals surface area contributed by atoms with Crippen molar-refractivity contribution >= 4 is 17.6 Å². The van der Waals surface area contributed by atoms with Crippen molar-refractivity contribution < 1.29 is 14.6 Å². The molecule has 1 N–H and O–H groups in total. The fourth-order valence-corrected chi connectivity index (χ4v) is 2.49. The Morgan fingerprint density at radius 3 is 2.62 bits per heavy atom. The molecule has 0 saturated carbocycles. The van der Waals surface area contributed by atoms with Gasteiger partial charge in [-0.2, -0.15) is 0 Å². The molecule has 0 aliphatic heterocycles. The van der Waals surface area contributed by atoms with Crippen LogP contribution in [0.1, 0.15) is 42.0 Å². The van der Waals surface area contributed by atoms with Gasteiger partial charge in [-0.1, -0.05) is 55.3 Å². The summed E-state index contributed by atoms with van der Waals surface area (Å²) in [6, 6.07) is 13.4. The Hall–Kier alpha value is -2.55. The van der Waals surface area contributed by atoms with E-state index in [2.05, 4.69) is 6.92 Å². The number of carboxylic acids is 1. The fraction of sp³-hybridized carbons (Fsp3) is 0.286. The van der Waals surface area contributed by atoms with Gasteiger partial charge in [0.2, 0.25) is 0 Å². The smallest absolute Gasteiger partial charge is 0.336 e. The maximum atomic E-state index is 11.8. The summed E-state index contributed by atoms with van der Waals surface area (Å²) in [6.45, 7) is 6.63. The lowest BCUT2D eigenvalue weighted by atomic mass is 9.96. The molecule has 0 heterocycles. The second-order valence-electron chi connectivity index (χ2n) is 5.92. The Balaban J connectivity index is 2.45. The summed E-state index contributed by atoms with van der Waals surface area (Å²) in [4.78, 5) is 11.8. The van der Waals surface area contributed by atoms with Gasteiger partial charge in [-0.05, 0) is 43.5 Å². The molecule has 2 aromatic carbocycles. The van der Waals surface area contributed by atoms with Crippen LogP contribution in [0.25, 0.3) is 11.6 Å². The van der Waals surface area contributed by atoms with Crippen molar-refractivity contribution in [2.45, 2.75) is 33.6 Å². The van der Waals surface area contributed by atoms with Crippen LogP contribution in [-0.2, 0) is 4.79 Å². The third kappa shape index (κ3) is 4.48. The average molecular weight is 324 g/mol. The lowest BCUT2D eigenvalue weighted by Gasteiger charge is -2.11. The summed E-state index contributed by atoms with van der Waals surface area (Å²) < 4.78 is 5.81. The monoisotopic (exact) mass is 324 g/mol. The largest absolute Gasteiger partial charge is 0.493 e. The van der Waals surface area contributed by atoms with Gasteiger partial charge in [0, 0.05) is 5.56 Å². The van der Waals surface area contributed by atoms with Crippen molar-refractivity contribution in [2.75, 3.05) is 6.61 Å². The summed E-state index contributed by atoms with van der Waals surface area (Å²) in [6.07, 6.45) is 3.73. The van der Waals surface area contributed by atoms with Crippen LogP contribution in [0.15, 0.2) is 42.5 Å². The van der Waals surface area contributed by atoms with Gasteiger partial charge in [0.05, 0.1) is 12.2 Å². The van der Waals surface area contributed by atoms with Crippen LogP contribution < -0.4 is 4.74 Å². The normalized spacial score (nSPS) is 11.4. The first-order valence-corrected chi connectivity index (χ1v) is 8.27. The van der Waals surface area contributed by atoms with E-state index >= 15 is 0 Å². The number of aryl methyl sites for hydroxylation is 2. The number of para-hydroxylation sites is 1. The van der Waals surface area contributed by atoms with Crippen LogP contribution in [0.2, 0.25) is 0 Å². The molecular weight excluding hydrogens is 300 g/mol. The van der Waals surface area contributed by atoms with Crippen molar-refractivity contribution in [2.24, 2.45) is 0 Å². The summed E-state index contributed by atoms with van der Waals surface area (Å²) >= 11 is 0. The molecule has 0 aromatic heterocycles. The van der Waals surface area contributed by atoms with Gasteiger partial charge < -0.3 is 9.84 Å². The van der Waals surface area contributed by atoms with Crippen molar-refractivity contribution in [3.05, 3.63) is 64.7 Å². The van der Waals surface area contributed by atoms with E-state index in [-0.39, 0.29) is 5.57 Å². The quantitative estimate of drug-likeness (QED) is 0.437. The standard InChI is InChI=1S/C21H24O3/c1-4-5-12-24-20-9-7-6-8-17(20)14-19(21(22)23)18-13-15(2)10-11-16(18)3/h6-11,13-14H,4-5,12H2,1-3H3,(H,22,23)/b19-14-. The molecular formula is C21H24O3. The third-order valence-corrected chi connectivity index (χ3v) is 3.89. The molecule has 126 valence electrons. The molecule has 2 rings (SSSR count). The summed E-state index contributed by atoms with van der Waals surface area (Å²) in [5.74, 6) is -0.220. The molecule has 0 bridgehead atoms. The number of hydrogen-bond acceptors (Lipinski definition) is 2. The van der Waals surface area contributed by atoms with Gasteiger partial charge in [0.15, 0.2) is 0 Å². The lowest BCUT2D eigenvalue weighted by molar-refractivity contribution is -0.130. The maximum Gasteiger partial charge on any atom is 0.336 e. The highest BCUT2D eigenvalue weighted by atomic mass is 16.5. The predicted octanol–water partition coefficient (Wildman–Crippen LogP) is 5.11. The van der Waals surface area contributed by atoms with Crippen molar-refractivity contribution in [3.8, 4) is 5.75 Å². The molecule has 0 aliphatic rings. The maximum absolute atomic E-state index is 11.8. The minimum Gasteiger partial charge on any atom is -0.493 e. The predicted molar refractivity (Wildman–Crippen MR) is 98.3 cm³/mol. The first kappa shape index (κ1) is 17.8. The highest BCUT2D eigenvalue weighted by Crippen LogP contribution is 2.27. The van der Waals surface area contributed by atoms with E-state index < -0.39 is 5.97 Å². The van der Waals surface area contributed by atoms with Gasteiger partial charge in [0.25, 0.3) is 0 Å². The topological polar surface area (TPSA) is 46.5 Å². The first-order chi connectivity index (χ1) is 11.5. The minimum absolute atomic E-state index is 0.280. The van der Waals surface area contributed by atoms with Gasteiger partial charge in [-0.25, -0.2) is 4.79 Å². The summed E-state index contributed by atoms with van der Waals surface area (Å²) in [5, 5.41) is 9.70. The molecule has 0 fully saturated rings. The Kier molecular flexibility index (Phi) is 6.19. The van der Waals surface area contributed by atoms with Crippen LogP contribution >= 0.6 is 0 Å². The van der Waals surface area contributed by atoms with Gasteiger partial charge in [0.1, 0.15) is 5.75 Å². The zero-order chi connectivity index (χ0) is 17.5. The lowest BCUT2D eigenvalue weighted by Crippen LogP contribution is -2.03. The first-order valence-electron chi connectivity index (χ1n) is 8.27. The van der Waals surface area contributed by atoms with E-state index in [1.54, 1.807) is 6.08 Å². The Morgan fingerprint density at radius 2 is 1.92 bits per heavy atom. The van der Waals surface area contributed by atoms with Gasteiger partial charge in [-0.3, -0.25) is 0 Å². The zero-order valence-corrected chi connectivity index (χ0v) is 14.5. The number of aliphatic carboxylic acids is 1. The number of carbonyl (C=O) groups is 1. The van der Waals surface area contributed by atoms with Gasteiger partial charge in [-0.15, -0.1) is 0 Å². The molecule has 0 amide bonds. The van der Waals surface area contributed by atoms with Crippen molar-refractivity contribution in [3.63, 3.8) is 0 Å². The zero-order valence-electron chi connectivity index (χ0n) is 14.5. The third-order valence-electron chi connectivity index (χ3n) is 3.89. The molecule has 0 radical (unpaired) electrons. The van der Waals surface area contributed by atoms with Crippen LogP contribution in [0.4, 0.5) is 0 Å². The fourth-order valence-electron chi connectivity index (χ4n) is 2.49. The van der Waals surface area contributed by atoms with E-state index in [4.69, 9.17) is 4.74 Å². The second-order valence-corrected chi connectivity index (χ2v) is 5.92. The molecule has 0 unspecified atom stereocenters. The second kappa shape index (κ2) is 8.34. The number of rotatable bonds is 7. The molecule has 3 heteroatoms. The molecule has 24 heavy (non-hydrogen) atoms. The van der Waals surface area contributed by atoms with Crippen LogP contribution in [0, 0.1) is 13.8 Å². The van der Waals surface area contributed by atoms with E-state index in [1.165, 1.54) is 0 Å². The molecule has 0 saturated heterocycles. The van der Waals surface area contributed by atoms with Crippen molar-refractivity contribution in [1.29, 1.82) is 0 Å². The van der Waals surface area contributed by atoms with E-state index in [0.717, 1.165) is 40.8 Å². The van der Waals surface area contributed by atoms with Crippen molar-refractivity contribution in [1.82, 2.24) is 0 Å². The van der Waals surface area contributed by atoms with Gasteiger partial charge >= 0.3 is 5.97 Å². The van der Waals surface area contributed by atoms with E-state index in [9.17, 15) is 9.90 Å². The number of ether oxygens (including phenoxy) is 1. The highest BCUT2D eigenvalue weighted by molar-refractivity contribution is 6.21. The van der Waals surface area contributed by atoms with Crippen LogP contribution in [0.3, 0.4) is 0 Å². The summed E-state index contributed by atoms with van der Waals surface area (Å²) in [7, 11) is 0. The van der Waals surface area contributed by atoms with Crippen LogP contribution in [-0.4, -0.2) is 17.7 Å². The molecule has 0 spiro atoms. The Morgan fingerprint density at radius 1 is 1.17 bits per heavy atom. The summed E-state index contributed by atoms with van der Waals surface area (Å²) in [5.41, 5.74) is 3.79. The molecule has 0 aliphatic carbocycles. The van der Waals surface area contributed by atoms with E-state index in [1.807, 2.05) is 56.3 Å². The number of unbranched alkanes of at least 4 members (excludes halogenated alkanes) is 1. The molecule has 2 aromatic rings.